The molecule has 0 unspecified atom stereocenters. The first kappa shape index (κ1) is 20.1. The predicted molar refractivity (Wildman–Crippen MR) is 99.0 cm³/mol. The van der Waals surface area contributed by atoms with E-state index in [0.29, 0.717) is 17.2 Å². The third-order valence-corrected chi connectivity index (χ3v) is 3.81. The van der Waals surface area contributed by atoms with Crippen LogP contribution in [0.25, 0.3) is 0 Å². The molecule has 0 heterocycles. The summed E-state index contributed by atoms with van der Waals surface area (Å²) in [7, 11) is 4.67. The summed E-state index contributed by atoms with van der Waals surface area (Å²) in [5.41, 5.74) is 1.62. The van der Waals surface area contributed by atoms with Gasteiger partial charge >= 0.3 is 5.97 Å². The van der Waals surface area contributed by atoms with Crippen molar-refractivity contribution < 1.29 is 28.5 Å². The molecule has 0 aliphatic heterocycles. The molecule has 144 valence electrons. The minimum Gasteiger partial charge on any atom is -0.497 e. The molecule has 2 aromatic rings. The quantitative estimate of drug-likeness (QED) is 0.678. The van der Waals surface area contributed by atoms with Gasteiger partial charge in [0.25, 0.3) is 5.91 Å². The number of nitrogens with one attached hydrogen (secondary N) is 1. The van der Waals surface area contributed by atoms with Gasteiger partial charge in [-0.1, -0.05) is 18.2 Å². The molecule has 0 spiro atoms. The lowest BCUT2D eigenvalue weighted by Gasteiger charge is -2.10. The van der Waals surface area contributed by atoms with Crippen molar-refractivity contribution in [1.82, 2.24) is 5.32 Å². The number of ether oxygens (including phenoxy) is 4. The van der Waals surface area contributed by atoms with Gasteiger partial charge in [-0.2, -0.15) is 0 Å². The van der Waals surface area contributed by atoms with E-state index in [4.69, 9.17) is 18.9 Å². The first-order chi connectivity index (χ1) is 13.0. The van der Waals surface area contributed by atoms with Crippen molar-refractivity contribution in [2.75, 3.05) is 27.9 Å². The Morgan fingerprint density at radius 1 is 0.852 bits per heavy atom. The Bertz CT molecular complexity index is 773. The molecule has 1 amide bonds. The van der Waals surface area contributed by atoms with Crippen LogP contribution in [0, 0.1) is 0 Å². The average Bonchev–Trinajstić information content (AvgIpc) is 2.71. The summed E-state index contributed by atoms with van der Waals surface area (Å²) in [5.74, 6) is 1.05. The number of benzene rings is 2. The molecule has 2 rings (SSSR count). The Balaban J connectivity index is 1.76. The normalized spacial score (nSPS) is 10.0. The van der Waals surface area contributed by atoms with E-state index < -0.39 is 5.97 Å². The van der Waals surface area contributed by atoms with E-state index in [2.05, 4.69) is 5.32 Å². The molecular formula is C20H23NO6. The van der Waals surface area contributed by atoms with Gasteiger partial charge in [0.05, 0.1) is 27.8 Å². The average molecular weight is 373 g/mol. The van der Waals surface area contributed by atoms with Crippen molar-refractivity contribution in [3.05, 3.63) is 53.6 Å². The van der Waals surface area contributed by atoms with Crippen LogP contribution >= 0.6 is 0 Å². The second kappa shape index (κ2) is 10.1. The molecule has 7 nitrogen and oxygen atoms in total. The topological polar surface area (TPSA) is 83.1 Å². The summed E-state index contributed by atoms with van der Waals surface area (Å²) in [5, 5.41) is 2.69. The van der Waals surface area contributed by atoms with Crippen LogP contribution in [0.2, 0.25) is 0 Å². The van der Waals surface area contributed by atoms with Gasteiger partial charge in [-0.25, -0.2) is 0 Å². The van der Waals surface area contributed by atoms with Gasteiger partial charge in [0.2, 0.25) is 0 Å². The van der Waals surface area contributed by atoms with Crippen molar-refractivity contribution >= 4 is 11.9 Å². The van der Waals surface area contributed by atoms with Crippen LogP contribution in [-0.4, -0.2) is 39.8 Å². The zero-order valence-electron chi connectivity index (χ0n) is 15.6. The van der Waals surface area contributed by atoms with E-state index in [1.807, 2.05) is 6.07 Å². The molecule has 2 aromatic carbocycles. The smallest absolute Gasteiger partial charge is 0.310 e. The molecule has 0 fully saturated rings. The second-order valence-electron chi connectivity index (χ2n) is 5.65. The molecule has 0 aliphatic carbocycles. The monoisotopic (exact) mass is 373 g/mol. The summed E-state index contributed by atoms with van der Waals surface area (Å²) in [6.45, 7) is -0.0442. The number of methoxy groups -OCH3 is 3. The minimum atomic E-state index is -0.471. The maximum atomic E-state index is 11.9. The lowest BCUT2D eigenvalue weighted by atomic mass is 10.1. The summed E-state index contributed by atoms with van der Waals surface area (Å²) >= 11 is 0. The van der Waals surface area contributed by atoms with Gasteiger partial charge < -0.3 is 24.3 Å². The molecule has 0 saturated heterocycles. The van der Waals surface area contributed by atoms with Gasteiger partial charge in [0.1, 0.15) is 5.75 Å². The molecule has 0 radical (unpaired) electrons. The molecule has 0 aromatic heterocycles. The molecule has 0 saturated carbocycles. The van der Waals surface area contributed by atoms with Crippen molar-refractivity contribution in [2.24, 2.45) is 0 Å². The van der Waals surface area contributed by atoms with Crippen molar-refractivity contribution in [2.45, 2.75) is 13.0 Å². The highest BCUT2D eigenvalue weighted by Gasteiger charge is 2.10. The highest BCUT2D eigenvalue weighted by Crippen LogP contribution is 2.27. The fourth-order valence-electron chi connectivity index (χ4n) is 2.35. The van der Waals surface area contributed by atoms with E-state index in [-0.39, 0.29) is 25.5 Å². The lowest BCUT2D eigenvalue weighted by Crippen LogP contribution is -2.28. The zero-order chi connectivity index (χ0) is 19.6. The fourth-order valence-corrected chi connectivity index (χ4v) is 2.35. The van der Waals surface area contributed by atoms with E-state index >= 15 is 0 Å². The summed E-state index contributed by atoms with van der Waals surface area (Å²) in [6, 6.07) is 12.4. The van der Waals surface area contributed by atoms with E-state index in [9.17, 15) is 9.59 Å². The van der Waals surface area contributed by atoms with E-state index in [1.165, 1.54) is 0 Å². The van der Waals surface area contributed by atoms with Gasteiger partial charge in [0, 0.05) is 6.54 Å². The second-order valence-corrected chi connectivity index (χ2v) is 5.65. The Hall–Kier alpha value is -3.22. The first-order valence-electron chi connectivity index (χ1n) is 8.32. The van der Waals surface area contributed by atoms with Crippen LogP contribution < -0.4 is 19.5 Å². The molecular weight excluding hydrogens is 350 g/mol. The third kappa shape index (κ3) is 6.22. The summed E-state index contributed by atoms with van der Waals surface area (Å²) in [6.07, 6.45) is 0.0902. The van der Waals surface area contributed by atoms with Crippen molar-refractivity contribution in [1.29, 1.82) is 0 Å². The fraction of sp³-hybridized carbons (Fsp3) is 0.300. The van der Waals surface area contributed by atoms with Crippen LogP contribution in [-0.2, 0) is 27.3 Å². The molecule has 0 bridgehead atoms. The number of hydrogen-bond acceptors (Lipinski definition) is 6. The minimum absolute atomic E-state index is 0.0902. The van der Waals surface area contributed by atoms with E-state index in [1.54, 1.807) is 57.7 Å². The summed E-state index contributed by atoms with van der Waals surface area (Å²) in [4.78, 5) is 23.7. The van der Waals surface area contributed by atoms with Crippen LogP contribution in [0.5, 0.6) is 17.2 Å². The number of amides is 1. The molecule has 0 aliphatic rings. The Kier molecular flexibility index (Phi) is 7.49. The SMILES string of the molecule is COc1ccc(CC(=O)OCC(=O)NCc2ccc(OC)c(OC)c2)cc1. The predicted octanol–water partition coefficient (Wildman–Crippen LogP) is 2.11. The Labute approximate surface area is 158 Å². The highest BCUT2D eigenvalue weighted by molar-refractivity contribution is 5.81. The number of hydrogen-bond donors (Lipinski definition) is 1. The Morgan fingerprint density at radius 2 is 1.52 bits per heavy atom. The van der Waals surface area contributed by atoms with Crippen molar-refractivity contribution in [3.63, 3.8) is 0 Å². The van der Waals surface area contributed by atoms with Gasteiger partial charge in [-0.15, -0.1) is 0 Å². The van der Waals surface area contributed by atoms with E-state index in [0.717, 1.165) is 11.1 Å². The molecule has 0 atom stereocenters. The number of carbonyl (C=O) groups excluding carboxylic acids is 2. The zero-order valence-corrected chi connectivity index (χ0v) is 15.6. The van der Waals surface area contributed by atoms with Gasteiger partial charge in [0.15, 0.2) is 18.1 Å². The molecule has 1 N–H and O–H groups in total. The Morgan fingerprint density at radius 3 is 2.15 bits per heavy atom. The lowest BCUT2D eigenvalue weighted by molar-refractivity contribution is -0.147. The third-order valence-electron chi connectivity index (χ3n) is 3.81. The van der Waals surface area contributed by atoms with Crippen LogP contribution in [0.3, 0.4) is 0 Å². The first-order valence-corrected chi connectivity index (χ1v) is 8.32. The van der Waals surface area contributed by atoms with Crippen LogP contribution in [0.1, 0.15) is 11.1 Å². The number of rotatable bonds is 9. The van der Waals surface area contributed by atoms with Gasteiger partial charge in [-0.3, -0.25) is 9.59 Å². The maximum absolute atomic E-state index is 11.9. The van der Waals surface area contributed by atoms with Crippen molar-refractivity contribution in [3.8, 4) is 17.2 Å². The molecule has 27 heavy (non-hydrogen) atoms. The standard InChI is InChI=1S/C20H23NO6/c1-24-16-7-4-14(5-8-16)11-20(23)27-13-19(22)21-12-15-6-9-17(25-2)18(10-15)26-3/h4-10H,11-13H2,1-3H3,(H,21,22). The largest absolute Gasteiger partial charge is 0.497 e. The number of esters is 1. The maximum Gasteiger partial charge on any atom is 0.310 e. The highest BCUT2D eigenvalue weighted by atomic mass is 16.5. The number of carbonyl (C=O) groups is 2. The van der Waals surface area contributed by atoms with Gasteiger partial charge in [-0.05, 0) is 35.4 Å². The molecule has 7 heteroatoms. The van der Waals surface area contributed by atoms with Crippen LogP contribution in [0.4, 0.5) is 0 Å². The summed E-state index contributed by atoms with van der Waals surface area (Å²) < 4.78 is 20.5. The van der Waals surface area contributed by atoms with Crippen LogP contribution in [0.15, 0.2) is 42.5 Å².